The summed E-state index contributed by atoms with van der Waals surface area (Å²) in [6.45, 7) is 0. The third kappa shape index (κ3) is 2.11. The van der Waals surface area contributed by atoms with Crippen LogP contribution in [0.15, 0.2) is 35.0 Å². The molecule has 2 aromatic rings. The van der Waals surface area contributed by atoms with Gasteiger partial charge in [-0.2, -0.15) is 0 Å². The molecule has 4 heteroatoms. The van der Waals surface area contributed by atoms with Gasteiger partial charge < -0.3 is 4.74 Å². The van der Waals surface area contributed by atoms with E-state index in [2.05, 4.69) is 0 Å². The third-order valence-electron chi connectivity index (χ3n) is 2.09. The zero-order valence-electron chi connectivity index (χ0n) is 8.17. The Morgan fingerprint density at radius 1 is 1.20 bits per heavy atom. The van der Waals surface area contributed by atoms with Crippen LogP contribution in [0.3, 0.4) is 0 Å². The summed E-state index contributed by atoms with van der Waals surface area (Å²) in [6.07, 6.45) is 0. The quantitative estimate of drug-likeness (QED) is 0.768. The number of carbonyl (C=O) groups excluding carboxylic acids is 1. The number of rotatable bonds is 3. The first-order valence-electron chi connectivity index (χ1n) is 4.47. The Balaban J connectivity index is 2.37. The fraction of sp³-hybridized carbons (Fsp3) is 0.182. The standard InChI is InChI=1S/C11H10O2S2/c1-13-11(12)10(8-4-2-6-14-8)9-5-3-7-15-9/h2-7,10H,1H3. The number of ether oxygens (including phenoxy) is 1. The van der Waals surface area contributed by atoms with Crippen molar-refractivity contribution >= 4 is 28.6 Å². The normalized spacial score (nSPS) is 10.5. The second kappa shape index (κ2) is 4.59. The van der Waals surface area contributed by atoms with Gasteiger partial charge in [-0.15, -0.1) is 22.7 Å². The molecule has 0 saturated carbocycles. The van der Waals surface area contributed by atoms with Crippen LogP contribution >= 0.6 is 22.7 Å². The largest absolute Gasteiger partial charge is 0.468 e. The van der Waals surface area contributed by atoms with Crippen molar-refractivity contribution in [2.24, 2.45) is 0 Å². The Labute approximate surface area is 96.1 Å². The Kier molecular flexibility index (Phi) is 3.18. The van der Waals surface area contributed by atoms with Gasteiger partial charge in [0.2, 0.25) is 0 Å². The second-order valence-electron chi connectivity index (χ2n) is 2.99. The Bertz CT molecular complexity index is 383. The van der Waals surface area contributed by atoms with Gasteiger partial charge in [-0.25, -0.2) is 0 Å². The highest BCUT2D eigenvalue weighted by Gasteiger charge is 2.25. The van der Waals surface area contributed by atoms with E-state index in [4.69, 9.17) is 4.74 Å². The summed E-state index contributed by atoms with van der Waals surface area (Å²) in [6, 6.07) is 7.82. The average Bonchev–Trinajstić information content (AvgIpc) is 2.90. The minimum absolute atomic E-state index is 0.195. The van der Waals surface area contributed by atoms with Crippen LogP contribution in [0.1, 0.15) is 15.7 Å². The minimum Gasteiger partial charge on any atom is -0.468 e. The summed E-state index contributed by atoms with van der Waals surface area (Å²) >= 11 is 3.16. The lowest BCUT2D eigenvalue weighted by Crippen LogP contribution is -2.13. The Hall–Kier alpha value is -1.13. The van der Waals surface area contributed by atoms with Crippen LogP contribution in [0.2, 0.25) is 0 Å². The molecule has 0 N–H and O–H groups in total. The number of esters is 1. The maximum Gasteiger partial charge on any atom is 0.319 e. The summed E-state index contributed by atoms with van der Waals surface area (Å²) in [4.78, 5) is 13.8. The fourth-order valence-electron chi connectivity index (χ4n) is 1.40. The first kappa shape index (κ1) is 10.4. The van der Waals surface area contributed by atoms with Crippen molar-refractivity contribution in [2.75, 3.05) is 7.11 Å². The van der Waals surface area contributed by atoms with Crippen LogP contribution in [0.4, 0.5) is 0 Å². The number of hydrogen-bond acceptors (Lipinski definition) is 4. The third-order valence-corrected chi connectivity index (χ3v) is 3.97. The number of methoxy groups -OCH3 is 1. The van der Waals surface area contributed by atoms with Crippen LogP contribution < -0.4 is 0 Å². The zero-order chi connectivity index (χ0) is 10.7. The van der Waals surface area contributed by atoms with Crippen molar-refractivity contribution < 1.29 is 9.53 Å². The van der Waals surface area contributed by atoms with Gasteiger partial charge in [-0.1, -0.05) is 12.1 Å². The van der Waals surface area contributed by atoms with E-state index in [0.717, 1.165) is 9.75 Å². The minimum atomic E-state index is -0.255. The molecule has 2 rings (SSSR count). The number of hydrogen-bond donors (Lipinski definition) is 0. The number of carbonyl (C=O) groups is 1. The van der Waals surface area contributed by atoms with Gasteiger partial charge in [-0.3, -0.25) is 4.79 Å². The van der Waals surface area contributed by atoms with Crippen molar-refractivity contribution in [3.8, 4) is 0 Å². The van der Waals surface area contributed by atoms with Gasteiger partial charge in [0, 0.05) is 9.75 Å². The molecule has 0 bridgehead atoms. The molecule has 0 spiro atoms. The lowest BCUT2D eigenvalue weighted by molar-refractivity contribution is -0.141. The van der Waals surface area contributed by atoms with E-state index in [1.807, 2.05) is 35.0 Å². The second-order valence-corrected chi connectivity index (χ2v) is 4.95. The first-order chi connectivity index (χ1) is 7.33. The fourth-order valence-corrected chi connectivity index (χ4v) is 3.14. The van der Waals surface area contributed by atoms with E-state index in [1.54, 1.807) is 22.7 Å². The van der Waals surface area contributed by atoms with Gasteiger partial charge in [0.05, 0.1) is 7.11 Å². The van der Waals surface area contributed by atoms with E-state index in [1.165, 1.54) is 7.11 Å². The molecular formula is C11H10O2S2. The molecular weight excluding hydrogens is 228 g/mol. The highest BCUT2D eigenvalue weighted by molar-refractivity contribution is 7.11. The molecule has 0 aliphatic carbocycles. The molecule has 0 radical (unpaired) electrons. The summed E-state index contributed by atoms with van der Waals surface area (Å²) < 4.78 is 4.83. The van der Waals surface area contributed by atoms with Gasteiger partial charge in [0.1, 0.15) is 5.92 Å². The molecule has 2 aromatic heterocycles. The predicted molar refractivity (Wildman–Crippen MR) is 62.5 cm³/mol. The molecule has 2 nitrogen and oxygen atoms in total. The van der Waals surface area contributed by atoms with Gasteiger partial charge >= 0.3 is 5.97 Å². The van der Waals surface area contributed by atoms with Gasteiger partial charge in [0.25, 0.3) is 0 Å². The molecule has 0 aliphatic heterocycles. The molecule has 0 aromatic carbocycles. The lowest BCUT2D eigenvalue weighted by atomic mass is 10.1. The van der Waals surface area contributed by atoms with Gasteiger partial charge in [0.15, 0.2) is 0 Å². The zero-order valence-corrected chi connectivity index (χ0v) is 9.81. The topological polar surface area (TPSA) is 26.3 Å². The molecule has 15 heavy (non-hydrogen) atoms. The first-order valence-corrected chi connectivity index (χ1v) is 6.23. The smallest absolute Gasteiger partial charge is 0.319 e. The van der Waals surface area contributed by atoms with Crippen molar-refractivity contribution in [1.29, 1.82) is 0 Å². The number of thiophene rings is 2. The molecule has 78 valence electrons. The van der Waals surface area contributed by atoms with Crippen molar-refractivity contribution in [3.63, 3.8) is 0 Å². The monoisotopic (exact) mass is 238 g/mol. The Morgan fingerprint density at radius 2 is 1.73 bits per heavy atom. The molecule has 0 unspecified atom stereocenters. The van der Waals surface area contributed by atoms with Crippen LogP contribution in [0.25, 0.3) is 0 Å². The van der Waals surface area contributed by atoms with Crippen LogP contribution in [-0.4, -0.2) is 13.1 Å². The van der Waals surface area contributed by atoms with E-state index in [9.17, 15) is 4.79 Å². The summed E-state index contributed by atoms with van der Waals surface area (Å²) in [5.41, 5.74) is 0. The SMILES string of the molecule is COC(=O)C(c1cccs1)c1cccs1. The van der Waals surface area contributed by atoms with Crippen molar-refractivity contribution in [2.45, 2.75) is 5.92 Å². The van der Waals surface area contributed by atoms with Crippen LogP contribution in [0, 0.1) is 0 Å². The van der Waals surface area contributed by atoms with E-state index >= 15 is 0 Å². The van der Waals surface area contributed by atoms with Crippen LogP contribution in [0.5, 0.6) is 0 Å². The van der Waals surface area contributed by atoms with E-state index in [-0.39, 0.29) is 11.9 Å². The molecule has 0 fully saturated rings. The summed E-state index contributed by atoms with van der Waals surface area (Å²) in [5.74, 6) is -0.449. The predicted octanol–water partition coefficient (Wildman–Crippen LogP) is 3.11. The average molecular weight is 238 g/mol. The van der Waals surface area contributed by atoms with Gasteiger partial charge in [-0.05, 0) is 22.9 Å². The van der Waals surface area contributed by atoms with Crippen molar-refractivity contribution in [1.82, 2.24) is 0 Å². The molecule has 2 heterocycles. The molecule has 0 atom stereocenters. The van der Waals surface area contributed by atoms with E-state index in [0.29, 0.717) is 0 Å². The molecule has 0 amide bonds. The maximum atomic E-state index is 11.7. The van der Waals surface area contributed by atoms with E-state index < -0.39 is 0 Å². The highest BCUT2D eigenvalue weighted by Crippen LogP contribution is 2.32. The van der Waals surface area contributed by atoms with Crippen LogP contribution in [-0.2, 0) is 9.53 Å². The highest BCUT2D eigenvalue weighted by atomic mass is 32.1. The lowest BCUT2D eigenvalue weighted by Gasteiger charge is -2.10. The Morgan fingerprint density at radius 3 is 2.07 bits per heavy atom. The summed E-state index contributed by atoms with van der Waals surface area (Å²) in [7, 11) is 1.43. The molecule has 0 saturated heterocycles. The maximum absolute atomic E-state index is 11.7. The molecule has 0 aliphatic rings. The van der Waals surface area contributed by atoms with Crippen molar-refractivity contribution in [3.05, 3.63) is 44.8 Å². The summed E-state index contributed by atoms with van der Waals surface area (Å²) in [5, 5.41) is 3.94.